The molecule has 0 saturated carbocycles. The smallest absolute Gasteiger partial charge is 0.265 e. The molecule has 0 aromatic heterocycles. The third-order valence-corrected chi connectivity index (χ3v) is 3.29. The van der Waals surface area contributed by atoms with E-state index < -0.39 is 22.8 Å². The first-order chi connectivity index (χ1) is 9.32. The van der Waals surface area contributed by atoms with Gasteiger partial charge in [-0.15, -0.1) is 0 Å². The van der Waals surface area contributed by atoms with E-state index in [0.717, 1.165) is 6.42 Å². The van der Waals surface area contributed by atoms with E-state index in [1.165, 1.54) is 0 Å². The molecule has 0 aliphatic carbocycles. The van der Waals surface area contributed by atoms with Crippen LogP contribution in [0, 0.1) is 16.2 Å². The minimum absolute atomic E-state index is 0.00206. The average molecular weight is 304 g/mol. The van der Waals surface area contributed by atoms with Gasteiger partial charge in [0.25, 0.3) is 0 Å². The lowest BCUT2D eigenvalue weighted by Crippen LogP contribution is -2.32. The molecule has 0 N–H and O–H groups in total. The van der Waals surface area contributed by atoms with Crippen molar-refractivity contribution >= 4 is 11.9 Å². The van der Waals surface area contributed by atoms with Crippen molar-refractivity contribution in [3.63, 3.8) is 0 Å². The number of carbonyl (C=O) groups excluding carboxylic acids is 2. The van der Waals surface area contributed by atoms with Crippen LogP contribution in [0.25, 0.3) is 0 Å². The van der Waals surface area contributed by atoms with Crippen LogP contribution in [0.15, 0.2) is 0 Å². The summed E-state index contributed by atoms with van der Waals surface area (Å²) in [6.45, 7) is 14.7. The zero-order valence-electron chi connectivity index (χ0n) is 14.4. The molecule has 0 aliphatic rings. The molecule has 21 heavy (non-hydrogen) atoms. The summed E-state index contributed by atoms with van der Waals surface area (Å²) in [5.74, 6) is -1.22. The molecule has 0 aliphatic heterocycles. The summed E-state index contributed by atoms with van der Waals surface area (Å²) in [5, 5.41) is 8.35. The monoisotopic (exact) mass is 304 g/mol. The molecule has 0 amide bonds. The van der Waals surface area contributed by atoms with E-state index in [9.17, 15) is 9.59 Å². The molecular formula is C15H28O6. The zero-order chi connectivity index (χ0) is 16.9. The van der Waals surface area contributed by atoms with Gasteiger partial charge in [-0.1, -0.05) is 27.2 Å². The van der Waals surface area contributed by atoms with E-state index >= 15 is 0 Å². The Hall–Kier alpha value is -1.14. The molecule has 6 nitrogen and oxygen atoms in total. The van der Waals surface area contributed by atoms with Crippen LogP contribution in [0.3, 0.4) is 0 Å². The molecule has 0 aromatic rings. The van der Waals surface area contributed by atoms with Crippen LogP contribution in [0.5, 0.6) is 0 Å². The van der Waals surface area contributed by atoms with Gasteiger partial charge in [0, 0.05) is 10.1 Å². The Morgan fingerprint density at radius 3 is 1.62 bits per heavy atom. The fourth-order valence-electron chi connectivity index (χ4n) is 1.72. The normalized spacial score (nSPS) is 13.0. The third-order valence-electron chi connectivity index (χ3n) is 3.29. The number of rotatable bonds is 7. The van der Waals surface area contributed by atoms with E-state index in [1.807, 2.05) is 0 Å². The van der Waals surface area contributed by atoms with Crippen molar-refractivity contribution in [1.82, 2.24) is 0 Å². The second-order valence-corrected chi connectivity index (χ2v) is 7.71. The summed E-state index contributed by atoms with van der Waals surface area (Å²) in [5.41, 5.74) is -1.48. The minimum Gasteiger partial charge on any atom is -0.265 e. The SMILES string of the molecule is CCC(C)(C)CC(C)(C)C(=O)OOOOC(=O)C(C)(C)C. The zero-order valence-corrected chi connectivity index (χ0v) is 14.4. The van der Waals surface area contributed by atoms with Gasteiger partial charge in [-0.3, -0.25) is 9.78 Å². The average Bonchev–Trinajstić information content (AvgIpc) is 2.31. The van der Waals surface area contributed by atoms with Crippen LogP contribution in [-0.4, -0.2) is 11.9 Å². The van der Waals surface area contributed by atoms with Gasteiger partial charge in [-0.05, 0) is 46.5 Å². The van der Waals surface area contributed by atoms with Crippen molar-refractivity contribution in [3.05, 3.63) is 0 Å². The standard InChI is InChI=1S/C15H28O6/c1-9-14(5,6)10-15(7,8)12(17)19-21-20-18-11(16)13(2,3)4/h9-10H2,1-8H3. The maximum absolute atomic E-state index is 11.9. The topological polar surface area (TPSA) is 71.1 Å². The Morgan fingerprint density at radius 2 is 1.24 bits per heavy atom. The van der Waals surface area contributed by atoms with Crippen molar-refractivity contribution in [2.45, 2.75) is 68.2 Å². The van der Waals surface area contributed by atoms with Crippen LogP contribution < -0.4 is 0 Å². The number of hydrogen-bond donors (Lipinski definition) is 0. The quantitative estimate of drug-likeness (QED) is 0.405. The highest BCUT2D eigenvalue weighted by Gasteiger charge is 2.36. The third kappa shape index (κ3) is 7.43. The van der Waals surface area contributed by atoms with Gasteiger partial charge in [-0.25, -0.2) is 9.59 Å². The Bertz CT molecular complexity index is 365. The van der Waals surface area contributed by atoms with Crippen LogP contribution in [0.4, 0.5) is 0 Å². The number of hydrogen-bond acceptors (Lipinski definition) is 6. The molecule has 0 bridgehead atoms. The Labute approximate surface area is 126 Å². The second-order valence-electron chi connectivity index (χ2n) is 7.71. The summed E-state index contributed by atoms with van der Waals surface area (Å²) < 4.78 is 0. The van der Waals surface area contributed by atoms with Crippen molar-refractivity contribution in [2.75, 3.05) is 0 Å². The Morgan fingerprint density at radius 1 is 0.810 bits per heavy atom. The summed E-state index contributed by atoms with van der Waals surface area (Å²) in [7, 11) is 0. The minimum atomic E-state index is -0.739. The van der Waals surface area contributed by atoms with Crippen molar-refractivity contribution in [1.29, 1.82) is 0 Å². The van der Waals surface area contributed by atoms with Gasteiger partial charge < -0.3 is 0 Å². The molecule has 124 valence electrons. The maximum Gasteiger partial charge on any atom is 0.351 e. The van der Waals surface area contributed by atoms with Crippen molar-refractivity contribution in [2.24, 2.45) is 16.2 Å². The van der Waals surface area contributed by atoms with Gasteiger partial charge in [0.05, 0.1) is 10.8 Å². The van der Waals surface area contributed by atoms with E-state index in [2.05, 4.69) is 40.6 Å². The molecule has 0 saturated heterocycles. The molecule has 0 radical (unpaired) electrons. The highest BCUT2D eigenvalue weighted by molar-refractivity contribution is 5.75. The molecule has 0 fully saturated rings. The lowest BCUT2D eigenvalue weighted by molar-refractivity contribution is -0.602. The first-order valence-electron chi connectivity index (χ1n) is 7.08. The van der Waals surface area contributed by atoms with Crippen LogP contribution in [0.2, 0.25) is 0 Å². The predicted molar refractivity (Wildman–Crippen MR) is 76.3 cm³/mol. The molecule has 0 heterocycles. The molecule has 0 aromatic carbocycles. The Kier molecular flexibility index (Phi) is 6.83. The molecular weight excluding hydrogens is 276 g/mol. The van der Waals surface area contributed by atoms with E-state index in [-0.39, 0.29) is 5.41 Å². The number of carbonyl (C=O) groups is 2. The predicted octanol–water partition coefficient (Wildman–Crippen LogP) is 3.75. The molecule has 0 spiro atoms. The van der Waals surface area contributed by atoms with Gasteiger partial charge in [0.2, 0.25) is 0 Å². The van der Waals surface area contributed by atoms with Crippen LogP contribution in [0.1, 0.15) is 68.2 Å². The fourth-order valence-corrected chi connectivity index (χ4v) is 1.72. The van der Waals surface area contributed by atoms with Gasteiger partial charge in [0.1, 0.15) is 0 Å². The van der Waals surface area contributed by atoms with Crippen molar-refractivity contribution < 1.29 is 29.4 Å². The van der Waals surface area contributed by atoms with Crippen LogP contribution in [-0.2, 0) is 29.4 Å². The first-order valence-corrected chi connectivity index (χ1v) is 7.08. The van der Waals surface area contributed by atoms with Gasteiger partial charge in [-0.2, -0.15) is 0 Å². The molecule has 0 rings (SSSR count). The van der Waals surface area contributed by atoms with Gasteiger partial charge >= 0.3 is 11.9 Å². The maximum atomic E-state index is 11.9. The van der Waals surface area contributed by atoms with Gasteiger partial charge in [0.15, 0.2) is 0 Å². The Balaban J connectivity index is 4.23. The summed E-state index contributed by atoms with van der Waals surface area (Å²) in [6, 6.07) is 0. The van der Waals surface area contributed by atoms with E-state index in [4.69, 9.17) is 0 Å². The molecule has 6 heteroatoms. The highest BCUT2D eigenvalue weighted by atomic mass is 17.7. The lowest BCUT2D eigenvalue weighted by atomic mass is 9.74. The lowest BCUT2D eigenvalue weighted by Gasteiger charge is -2.31. The molecule has 0 atom stereocenters. The summed E-state index contributed by atoms with van der Waals surface area (Å²) in [4.78, 5) is 32.2. The van der Waals surface area contributed by atoms with Crippen LogP contribution >= 0.6 is 0 Å². The van der Waals surface area contributed by atoms with E-state index in [1.54, 1.807) is 34.6 Å². The van der Waals surface area contributed by atoms with Crippen molar-refractivity contribution in [3.8, 4) is 0 Å². The molecule has 0 unspecified atom stereocenters. The first kappa shape index (κ1) is 19.9. The summed E-state index contributed by atoms with van der Waals surface area (Å²) in [6.07, 6.45) is 1.56. The highest BCUT2D eigenvalue weighted by Crippen LogP contribution is 2.36. The largest absolute Gasteiger partial charge is 0.351 e. The van der Waals surface area contributed by atoms with E-state index in [0.29, 0.717) is 6.42 Å². The fraction of sp³-hybridized carbons (Fsp3) is 0.867. The summed E-state index contributed by atoms with van der Waals surface area (Å²) >= 11 is 0. The second kappa shape index (κ2) is 7.22.